The number of para-hydroxylation sites is 1. The van der Waals surface area contributed by atoms with Gasteiger partial charge in [-0.3, -0.25) is 9.10 Å². The van der Waals surface area contributed by atoms with E-state index >= 15 is 0 Å². The molecular weight excluding hydrogens is 464 g/mol. The number of carbonyl (C=O) groups excluding carboxylic acids is 1. The molecule has 1 heterocycles. The zero-order chi connectivity index (χ0) is 23.6. The summed E-state index contributed by atoms with van der Waals surface area (Å²) in [5, 5.41) is 3.10. The van der Waals surface area contributed by atoms with Crippen molar-refractivity contribution in [2.45, 2.75) is 17.7 Å². The molecule has 1 aliphatic rings. The second kappa shape index (κ2) is 9.33. The van der Waals surface area contributed by atoms with Gasteiger partial charge in [-0.25, -0.2) is 8.42 Å². The van der Waals surface area contributed by atoms with Crippen LogP contribution in [-0.2, 0) is 16.4 Å². The summed E-state index contributed by atoms with van der Waals surface area (Å²) >= 11 is 6.11. The molecular formula is C24H23ClN2O5S. The summed E-state index contributed by atoms with van der Waals surface area (Å²) in [4.78, 5) is 12.9. The number of hydrogen-bond donors (Lipinski definition) is 1. The van der Waals surface area contributed by atoms with Crippen molar-refractivity contribution in [3.63, 3.8) is 0 Å². The van der Waals surface area contributed by atoms with Gasteiger partial charge in [-0.05, 0) is 48.7 Å². The number of ether oxygens (including phenoxy) is 2. The van der Waals surface area contributed by atoms with Crippen LogP contribution in [0.5, 0.6) is 11.5 Å². The van der Waals surface area contributed by atoms with Gasteiger partial charge in [-0.2, -0.15) is 0 Å². The van der Waals surface area contributed by atoms with Crippen molar-refractivity contribution in [1.29, 1.82) is 0 Å². The van der Waals surface area contributed by atoms with E-state index in [-0.39, 0.29) is 4.90 Å². The van der Waals surface area contributed by atoms with Crippen molar-refractivity contribution in [3.05, 3.63) is 76.8 Å². The van der Waals surface area contributed by atoms with Crippen LogP contribution in [-0.4, -0.2) is 35.1 Å². The number of methoxy groups -OCH3 is 2. The predicted octanol–water partition coefficient (Wildman–Crippen LogP) is 4.75. The number of hydrogen-bond acceptors (Lipinski definition) is 5. The van der Waals surface area contributed by atoms with E-state index in [1.165, 1.54) is 42.8 Å². The second-order valence-corrected chi connectivity index (χ2v) is 9.74. The Morgan fingerprint density at radius 3 is 2.39 bits per heavy atom. The van der Waals surface area contributed by atoms with E-state index in [2.05, 4.69) is 5.32 Å². The number of halogens is 1. The van der Waals surface area contributed by atoms with E-state index in [9.17, 15) is 13.2 Å². The van der Waals surface area contributed by atoms with E-state index in [1.807, 2.05) is 24.3 Å². The molecule has 0 saturated heterocycles. The molecule has 9 heteroatoms. The number of benzene rings is 3. The average molecular weight is 487 g/mol. The predicted molar refractivity (Wildman–Crippen MR) is 128 cm³/mol. The molecule has 1 N–H and O–H groups in total. The number of fused-ring (bicyclic) bond motifs is 1. The number of aryl methyl sites for hydroxylation is 1. The number of rotatable bonds is 6. The first kappa shape index (κ1) is 22.9. The van der Waals surface area contributed by atoms with Crippen molar-refractivity contribution < 1.29 is 22.7 Å². The zero-order valence-electron chi connectivity index (χ0n) is 18.2. The molecule has 0 saturated carbocycles. The van der Waals surface area contributed by atoms with E-state index in [1.54, 1.807) is 12.1 Å². The first-order valence-electron chi connectivity index (χ1n) is 10.3. The van der Waals surface area contributed by atoms with E-state index in [4.69, 9.17) is 21.1 Å². The summed E-state index contributed by atoms with van der Waals surface area (Å²) < 4.78 is 38.5. The molecule has 0 aromatic heterocycles. The summed E-state index contributed by atoms with van der Waals surface area (Å²) in [5.74, 6) is 0.332. The number of anilines is 2. The Kier molecular flexibility index (Phi) is 6.49. The smallest absolute Gasteiger partial charge is 0.264 e. The molecule has 0 aliphatic carbocycles. The third-order valence-electron chi connectivity index (χ3n) is 5.49. The van der Waals surface area contributed by atoms with Crippen LogP contribution >= 0.6 is 11.6 Å². The van der Waals surface area contributed by atoms with Gasteiger partial charge >= 0.3 is 0 Å². The monoisotopic (exact) mass is 486 g/mol. The van der Waals surface area contributed by atoms with Crippen molar-refractivity contribution >= 4 is 38.9 Å². The highest BCUT2D eigenvalue weighted by Gasteiger charge is 2.29. The summed E-state index contributed by atoms with van der Waals surface area (Å²) in [6.07, 6.45) is 1.60. The fourth-order valence-electron chi connectivity index (χ4n) is 3.81. The molecule has 172 valence electrons. The summed E-state index contributed by atoms with van der Waals surface area (Å²) in [7, 11) is -0.815. The third kappa shape index (κ3) is 4.49. The Bertz CT molecular complexity index is 1290. The van der Waals surface area contributed by atoms with Crippen LogP contribution in [0.4, 0.5) is 11.4 Å². The molecule has 0 spiro atoms. The molecule has 0 unspecified atom stereocenters. The Hall–Kier alpha value is -3.23. The molecule has 3 aromatic rings. The minimum atomic E-state index is -3.75. The average Bonchev–Trinajstić information content (AvgIpc) is 2.84. The quantitative estimate of drug-likeness (QED) is 0.543. The standard InChI is InChI=1S/C24H23ClN2O5S/c1-31-22-15-20(23(32-2)14-19(22)25)26-24(28)17-9-11-18(12-10-17)33(29,30)27-13-5-7-16-6-3-4-8-21(16)27/h3-4,6,8-12,14-15H,5,7,13H2,1-2H3,(H,26,28). The molecule has 1 amide bonds. The van der Waals surface area contributed by atoms with Crippen molar-refractivity contribution in [1.82, 2.24) is 0 Å². The van der Waals surface area contributed by atoms with Crippen molar-refractivity contribution in [3.8, 4) is 11.5 Å². The molecule has 0 atom stereocenters. The van der Waals surface area contributed by atoms with Gasteiger partial charge in [-0.1, -0.05) is 29.8 Å². The Labute approximate surface area is 197 Å². The van der Waals surface area contributed by atoms with Crippen LogP contribution in [0, 0.1) is 0 Å². The summed E-state index contributed by atoms with van der Waals surface area (Å²) in [6, 6.07) is 16.5. The highest BCUT2D eigenvalue weighted by molar-refractivity contribution is 7.92. The minimum absolute atomic E-state index is 0.126. The fourth-order valence-corrected chi connectivity index (χ4v) is 5.58. The van der Waals surface area contributed by atoms with E-state index < -0.39 is 15.9 Å². The van der Waals surface area contributed by atoms with Crippen LogP contribution in [0.3, 0.4) is 0 Å². The molecule has 0 fully saturated rings. The highest BCUT2D eigenvalue weighted by atomic mass is 35.5. The van der Waals surface area contributed by atoms with E-state index in [0.29, 0.717) is 40.0 Å². The number of nitrogens with zero attached hydrogens (tertiary/aromatic N) is 1. The molecule has 1 aliphatic heterocycles. The SMILES string of the molecule is COc1cc(NC(=O)c2ccc(S(=O)(=O)N3CCCc4ccccc43)cc2)c(OC)cc1Cl. The van der Waals surface area contributed by atoms with E-state index in [0.717, 1.165) is 18.4 Å². The number of nitrogens with one attached hydrogen (secondary N) is 1. The van der Waals surface area contributed by atoms with Crippen molar-refractivity contribution in [2.75, 3.05) is 30.4 Å². The lowest BCUT2D eigenvalue weighted by Gasteiger charge is -2.30. The number of carbonyl (C=O) groups is 1. The molecule has 3 aromatic carbocycles. The zero-order valence-corrected chi connectivity index (χ0v) is 19.7. The number of sulfonamides is 1. The number of amides is 1. The van der Waals surface area contributed by atoms with Crippen LogP contribution < -0.4 is 19.1 Å². The first-order valence-corrected chi connectivity index (χ1v) is 12.1. The fraction of sp³-hybridized carbons (Fsp3) is 0.208. The normalized spacial score (nSPS) is 13.2. The molecule has 7 nitrogen and oxygen atoms in total. The van der Waals surface area contributed by atoms with Crippen LogP contribution in [0.25, 0.3) is 0 Å². The third-order valence-corrected chi connectivity index (χ3v) is 7.62. The van der Waals surface area contributed by atoms with Gasteiger partial charge in [0.05, 0.1) is 35.5 Å². The van der Waals surface area contributed by atoms with Crippen LogP contribution in [0.15, 0.2) is 65.6 Å². The summed E-state index contributed by atoms with van der Waals surface area (Å²) in [6.45, 7) is 0.416. The topological polar surface area (TPSA) is 84.9 Å². The minimum Gasteiger partial charge on any atom is -0.495 e. The molecule has 0 bridgehead atoms. The summed E-state index contributed by atoms with van der Waals surface area (Å²) in [5.41, 5.74) is 2.39. The molecule has 33 heavy (non-hydrogen) atoms. The largest absolute Gasteiger partial charge is 0.495 e. The van der Waals surface area contributed by atoms with Gasteiger partial charge in [-0.15, -0.1) is 0 Å². The first-order chi connectivity index (χ1) is 15.8. The lowest BCUT2D eigenvalue weighted by atomic mass is 10.0. The highest BCUT2D eigenvalue weighted by Crippen LogP contribution is 2.36. The van der Waals surface area contributed by atoms with Gasteiger partial charge in [0.25, 0.3) is 15.9 Å². The maximum absolute atomic E-state index is 13.3. The Morgan fingerprint density at radius 1 is 1.00 bits per heavy atom. The van der Waals surface area contributed by atoms with Gasteiger partial charge in [0, 0.05) is 24.2 Å². The van der Waals surface area contributed by atoms with Gasteiger partial charge in [0.1, 0.15) is 11.5 Å². The lowest BCUT2D eigenvalue weighted by molar-refractivity contribution is 0.102. The molecule has 4 rings (SSSR count). The van der Waals surface area contributed by atoms with Crippen LogP contribution in [0.1, 0.15) is 22.3 Å². The second-order valence-electron chi connectivity index (χ2n) is 7.47. The maximum atomic E-state index is 13.3. The van der Waals surface area contributed by atoms with Gasteiger partial charge in [0.2, 0.25) is 0 Å². The molecule has 0 radical (unpaired) electrons. The van der Waals surface area contributed by atoms with Gasteiger partial charge < -0.3 is 14.8 Å². The van der Waals surface area contributed by atoms with Crippen LogP contribution in [0.2, 0.25) is 5.02 Å². The maximum Gasteiger partial charge on any atom is 0.264 e. The van der Waals surface area contributed by atoms with Crippen molar-refractivity contribution in [2.24, 2.45) is 0 Å². The van der Waals surface area contributed by atoms with Gasteiger partial charge in [0.15, 0.2) is 0 Å². The Balaban J connectivity index is 1.57. The lowest BCUT2D eigenvalue weighted by Crippen LogP contribution is -2.35. The Morgan fingerprint density at radius 2 is 1.70 bits per heavy atom.